The fourth-order valence-electron chi connectivity index (χ4n) is 2.18. The molecule has 1 fully saturated rings. The van der Waals surface area contributed by atoms with Gasteiger partial charge in [-0.25, -0.2) is 0 Å². The van der Waals surface area contributed by atoms with E-state index in [4.69, 9.17) is 4.74 Å². The monoisotopic (exact) mass is 278 g/mol. The third-order valence-corrected chi connectivity index (χ3v) is 3.38. The predicted octanol–water partition coefficient (Wildman–Crippen LogP) is 0.288. The van der Waals surface area contributed by atoms with Gasteiger partial charge in [-0.2, -0.15) is 0 Å². The molecule has 0 saturated carbocycles. The molecule has 1 aromatic rings. The number of rotatable bonds is 2. The van der Waals surface area contributed by atoms with Gasteiger partial charge in [-0.1, -0.05) is 0 Å². The number of hydrogen-bond acceptors (Lipinski definition) is 4. The number of aryl methyl sites for hydroxylation is 1. The van der Waals surface area contributed by atoms with Crippen LogP contribution in [0, 0.1) is 6.92 Å². The molecular weight excluding hydrogens is 260 g/mol. The van der Waals surface area contributed by atoms with Crippen molar-refractivity contribution in [2.24, 2.45) is 0 Å². The van der Waals surface area contributed by atoms with Crippen LogP contribution in [-0.2, 0) is 9.53 Å². The number of phenolic OH excluding ortho intramolecular Hbond substituents is 1. The van der Waals surface area contributed by atoms with E-state index < -0.39 is 6.04 Å². The Morgan fingerprint density at radius 1 is 1.45 bits per heavy atom. The van der Waals surface area contributed by atoms with Crippen LogP contribution < -0.4 is 5.32 Å². The van der Waals surface area contributed by atoms with Crippen LogP contribution in [0.15, 0.2) is 18.2 Å². The number of likely N-dealkylation sites (N-methyl/N-ethyl adjacent to an activating group) is 1. The molecule has 0 spiro atoms. The lowest BCUT2D eigenvalue weighted by molar-refractivity contribution is -0.130. The van der Waals surface area contributed by atoms with Crippen LogP contribution in [0.4, 0.5) is 0 Å². The van der Waals surface area contributed by atoms with Crippen LogP contribution in [0.25, 0.3) is 0 Å². The van der Waals surface area contributed by atoms with Gasteiger partial charge in [0.25, 0.3) is 5.91 Å². The highest BCUT2D eigenvalue weighted by atomic mass is 16.5. The molecule has 1 aliphatic heterocycles. The number of hydrogen-bond donors (Lipinski definition) is 2. The fourth-order valence-corrected chi connectivity index (χ4v) is 2.18. The summed E-state index contributed by atoms with van der Waals surface area (Å²) in [6.07, 6.45) is 0. The number of phenols is 1. The molecule has 1 saturated heterocycles. The lowest BCUT2D eigenvalue weighted by atomic mass is 10.1. The zero-order valence-electron chi connectivity index (χ0n) is 11.5. The molecule has 0 bridgehead atoms. The summed E-state index contributed by atoms with van der Waals surface area (Å²) >= 11 is 0. The number of nitrogens with zero attached hydrogens (tertiary/aromatic N) is 1. The Kier molecular flexibility index (Phi) is 4.24. The summed E-state index contributed by atoms with van der Waals surface area (Å²) in [5.41, 5.74) is 1.08. The molecule has 6 nitrogen and oxygen atoms in total. The summed E-state index contributed by atoms with van der Waals surface area (Å²) in [6, 6.07) is 4.04. The van der Waals surface area contributed by atoms with E-state index in [-0.39, 0.29) is 24.2 Å². The summed E-state index contributed by atoms with van der Waals surface area (Å²) < 4.78 is 5.27. The second kappa shape index (κ2) is 5.92. The zero-order chi connectivity index (χ0) is 14.7. The Morgan fingerprint density at radius 2 is 2.20 bits per heavy atom. The molecule has 0 aliphatic carbocycles. The number of morpholine rings is 1. The van der Waals surface area contributed by atoms with Gasteiger partial charge in [0.15, 0.2) is 0 Å². The Hall–Kier alpha value is -2.08. The number of ether oxygens (including phenoxy) is 1. The first-order chi connectivity index (χ1) is 9.54. The normalized spacial score (nSPS) is 18.7. The molecule has 108 valence electrons. The number of carbonyl (C=O) groups is 2. The molecule has 2 N–H and O–H groups in total. The van der Waals surface area contributed by atoms with Crippen molar-refractivity contribution in [3.05, 3.63) is 29.3 Å². The van der Waals surface area contributed by atoms with E-state index in [1.165, 1.54) is 18.0 Å². The molecule has 0 aromatic heterocycles. The van der Waals surface area contributed by atoms with E-state index >= 15 is 0 Å². The maximum absolute atomic E-state index is 12.5. The van der Waals surface area contributed by atoms with Crippen molar-refractivity contribution in [3.63, 3.8) is 0 Å². The van der Waals surface area contributed by atoms with Gasteiger partial charge in [0.2, 0.25) is 5.91 Å². The molecule has 2 rings (SSSR count). The van der Waals surface area contributed by atoms with Crippen molar-refractivity contribution in [3.8, 4) is 5.75 Å². The number of nitrogens with one attached hydrogen (secondary N) is 1. The van der Waals surface area contributed by atoms with Crippen molar-refractivity contribution >= 4 is 11.8 Å². The van der Waals surface area contributed by atoms with Crippen LogP contribution in [0.3, 0.4) is 0 Å². The van der Waals surface area contributed by atoms with Crippen molar-refractivity contribution in [2.75, 3.05) is 26.8 Å². The highest BCUT2D eigenvalue weighted by Gasteiger charge is 2.32. The van der Waals surface area contributed by atoms with E-state index in [1.54, 1.807) is 19.1 Å². The molecule has 1 atom stereocenters. The van der Waals surface area contributed by atoms with Gasteiger partial charge in [-0.05, 0) is 30.7 Å². The minimum atomic E-state index is -0.615. The second-order valence-electron chi connectivity index (χ2n) is 4.70. The van der Waals surface area contributed by atoms with Crippen molar-refractivity contribution in [1.29, 1.82) is 0 Å². The summed E-state index contributed by atoms with van der Waals surface area (Å²) in [7, 11) is 1.53. The van der Waals surface area contributed by atoms with Crippen molar-refractivity contribution in [2.45, 2.75) is 13.0 Å². The third kappa shape index (κ3) is 2.75. The average Bonchev–Trinajstić information content (AvgIpc) is 2.48. The van der Waals surface area contributed by atoms with Gasteiger partial charge in [0.05, 0.1) is 13.2 Å². The van der Waals surface area contributed by atoms with Gasteiger partial charge in [-0.3, -0.25) is 9.59 Å². The molecule has 1 aliphatic rings. The topological polar surface area (TPSA) is 78.9 Å². The summed E-state index contributed by atoms with van der Waals surface area (Å²) in [6.45, 7) is 2.71. The summed E-state index contributed by atoms with van der Waals surface area (Å²) in [4.78, 5) is 25.8. The Morgan fingerprint density at radius 3 is 2.85 bits per heavy atom. The number of carbonyl (C=O) groups excluding carboxylic acids is 2. The maximum Gasteiger partial charge on any atom is 0.254 e. The van der Waals surface area contributed by atoms with Gasteiger partial charge in [-0.15, -0.1) is 0 Å². The molecule has 1 aromatic carbocycles. The predicted molar refractivity (Wildman–Crippen MR) is 72.6 cm³/mol. The largest absolute Gasteiger partial charge is 0.508 e. The van der Waals surface area contributed by atoms with Crippen LogP contribution in [0.1, 0.15) is 15.9 Å². The van der Waals surface area contributed by atoms with E-state index in [0.717, 1.165) is 0 Å². The fraction of sp³-hybridized carbons (Fsp3) is 0.429. The molecule has 1 unspecified atom stereocenters. The first-order valence-corrected chi connectivity index (χ1v) is 6.44. The standard InChI is InChI=1S/C14H18N2O4/c1-9-7-10(3-4-12(9)17)14(19)16-5-6-20-8-11(16)13(18)15-2/h3-4,7,11,17H,5-6,8H2,1-2H3,(H,15,18). The van der Waals surface area contributed by atoms with Crippen LogP contribution >= 0.6 is 0 Å². The second-order valence-corrected chi connectivity index (χ2v) is 4.70. The van der Waals surface area contributed by atoms with Gasteiger partial charge < -0.3 is 20.1 Å². The molecule has 2 amide bonds. The SMILES string of the molecule is CNC(=O)C1COCCN1C(=O)c1ccc(O)c(C)c1. The van der Waals surface area contributed by atoms with E-state index in [9.17, 15) is 14.7 Å². The lowest BCUT2D eigenvalue weighted by Crippen LogP contribution is -2.55. The molecule has 20 heavy (non-hydrogen) atoms. The number of benzene rings is 1. The van der Waals surface area contributed by atoms with Gasteiger partial charge >= 0.3 is 0 Å². The lowest BCUT2D eigenvalue weighted by Gasteiger charge is -2.34. The number of aromatic hydroxyl groups is 1. The number of amides is 2. The highest BCUT2D eigenvalue weighted by Crippen LogP contribution is 2.19. The van der Waals surface area contributed by atoms with Crippen LogP contribution in [0.5, 0.6) is 5.75 Å². The molecule has 1 heterocycles. The Labute approximate surface area is 117 Å². The Bertz CT molecular complexity index is 530. The first-order valence-electron chi connectivity index (χ1n) is 6.44. The van der Waals surface area contributed by atoms with Crippen LogP contribution in [0.2, 0.25) is 0 Å². The van der Waals surface area contributed by atoms with Gasteiger partial charge in [0, 0.05) is 19.2 Å². The zero-order valence-corrected chi connectivity index (χ0v) is 11.5. The maximum atomic E-state index is 12.5. The summed E-state index contributed by atoms with van der Waals surface area (Å²) in [5, 5.41) is 12.0. The summed E-state index contributed by atoms with van der Waals surface area (Å²) in [5.74, 6) is -0.329. The molecule has 0 radical (unpaired) electrons. The highest BCUT2D eigenvalue weighted by molar-refractivity contribution is 5.98. The quantitative estimate of drug-likeness (QED) is 0.815. The Balaban J connectivity index is 2.25. The minimum Gasteiger partial charge on any atom is -0.508 e. The van der Waals surface area contributed by atoms with E-state index in [2.05, 4.69) is 5.32 Å². The molecular formula is C14H18N2O4. The van der Waals surface area contributed by atoms with Gasteiger partial charge in [0.1, 0.15) is 11.8 Å². The average molecular weight is 278 g/mol. The van der Waals surface area contributed by atoms with Crippen molar-refractivity contribution in [1.82, 2.24) is 10.2 Å². The third-order valence-electron chi connectivity index (χ3n) is 3.38. The van der Waals surface area contributed by atoms with E-state index in [1.807, 2.05) is 0 Å². The van der Waals surface area contributed by atoms with E-state index in [0.29, 0.717) is 24.3 Å². The smallest absolute Gasteiger partial charge is 0.254 e. The minimum absolute atomic E-state index is 0.145. The van der Waals surface area contributed by atoms with Crippen LogP contribution in [-0.4, -0.2) is 54.7 Å². The van der Waals surface area contributed by atoms with Crippen molar-refractivity contribution < 1.29 is 19.4 Å². The first kappa shape index (κ1) is 14.3. The molecule has 6 heteroatoms.